The fourth-order valence-electron chi connectivity index (χ4n) is 0.952. The summed E-state index contributed by atoms with van der Waals surface area (Å²) in [6.07, 6.45) is 4.98. The van der Waals surface area contributed by atoms with E-state index in [9.17, 15) is 0 Å². The van der Waals surface area contributed by atoms with Crippen LogP contribution >= 0.6 is 0 Å². The third kappa shape index (κ3) is 3.79. The predicted octanol–water partition coefficient (Wildman–Crippen LogP) is 3.03. The Hall–Kier alpha value is 0.283. The summed E-state index contributed by atoms with van der Waals surface area (Å²) in [5.74, 6) is 4.84. The van der Waals surface area contributed by atoms with Gasteiger partial charge in [0.15, 0.2) is 0 Å². The molecule has 0 amide bonds. The molecule has 1 heteroatoms. The monoisotopic (exact) mass is 187 g/mol. The molecule has 0 aliphatic heterocycles. The zero-order valence-electron chi connectivity index (χ0n) is 6.99. The van der Waals surface area contributed by atoms with E-state index in [0.717, 1.165) is 0 Å². The Morgan fingerprint density at radius 1 is 1.44 bits per heavy atom. The number of allylic oxidation sites excluding steroid dienone is 2. The summed E-state index contributed by atoms with van der Waals surface area (Å²) in [4.78, 5) is 0. The molecule has 0 aliphatic rings. The number of rotatable bonds is 3. The summed E-state index contributed by atoms with van der Waals surface area (Å²) in [5, 5.41) is 0. The summed E-state index contributed by atoms with van der Waals surface area (Å²) in [7, 11) is 0. The van der Waals surface area contributed by atoms with E-state index >= 15 is 0 Å². The summed E-state index contributed by atoms with van der Waals surface area (Å²) in [5.41, 5.74) is 0. The van der Waals surface area contributed by atoms with Gasteiger partial charge < -0.3 is 0 Å². The maximum atomic E-state index is 2.42. The van der Waals surface area contributed by atoms with Crippen molar-refractivity contribution in [3.63, 3.8) is 0 Å². The zero-order chi connectivity index (χ0) is 7.28. The molecule has 0 heterocycles. The van der Waals surface area contributed by atoms with E-state index in [-0.39, 0.29) is 0 Å². The first-order valence-electron chi connectivity index (χ1n) is 3.68. The summed E-state index contributed by atoms with van der Waals surface area (Å²) >= 11 is -0.679. The Kier molecular flexibility index (Phi) is 5.26. The van der Waals surface area contributed by atoms with Crippen molar-refractivity contribution in [2.24, 2.45) is 0 Å². The third-order valence-corrected chi connectivity index (χ3v) is 5.34. The molecule has 0 aromatic heterocycles. The second-order valence-corrected chi connectivity index (χ2v) is 8.11. The molecule has 0 unspecified atom stereocenters. The van der Waals surface area contributed by atoms with Gasteiger partial charge in [-0.1, -0.05) is 0 Å². The molecule has 0 atom stereocenters. The van der Waals surface area contributed by atoms with E-state index in [1.54, 1.807) is 4.41 Å². The van der Waals surface area contributed by atoms with Gasteiger partial charge in [-0.05, 0) is 0 Å². The topological polar surface area (TPSA) is 0 Å². The Morgan fingerprint density at radius 3 is 2.11 bits per heavy atom. The minimum absolute atomic E-state index is 0.679. The second-order valence-electron chi connectivity index (χ2n) is 2.56. The van der Waals surface area contributed by atoms with Gasteiger partial charge in [-0.25, -0.2) is 0 Å². The van der Waals surface area contributed by atoms with Crippen LogP contribution in [0.25, 0.3) is 0 Å². The van der Waals surface area contributed by atoms with Crippen molar-refractivity contribution in [1.82, 2.24) is 0 Å². The van der Waals surface area contributed by atoms with Gasteiger partial charge in [-0.15, -0.1) is 0 Å². The van der Waals surface area contributed by atoms with E-state index in [2.05, 4.69) is 31.4 Å². The molecule has 0 nitrogen and oxygen atoms in total. The van der Waals surface area contributed by atoms with Crippen LogP contribution in [-0.2, 0) is 0 Å². The standard InChI is InChI=1S/C8H17Ge/c1-5-7-8(6-2)9(3)4/h6H,5,7H2,1-4H3. The van der Waals surface area contributed by atoms with Crippen LogP contribution in [0, 0.1) is 0 Å². The van der Waals surface area contributed by atoms with Gasteiger partial charge in [0.2, 0.25) is 0 Å². The molecule has 53 valence electrons. The van der Waals surface area contributed by atoms with Gasteiger partial charge in [0.05, 0.1) is 0 Å². The molecule has 0 N–H and O–H groups in total. The van der Waals surface area contributed by atoms with Gasteiger partial charge in [-0.2, -0.15) is 0 Å². The van der Waals surface area contributed by atoms with Crippen molar-refractivity contribution >= 4 is 14.3 Å². The molecule has 0 saturated carbocycles. The Morgan fingerprint density at radius 2 is 2.00 bits per heavy atom. The zero-order valence-corrected chi connectivity index (χ0v) is 9.09. The molecule has 0 aliphatic carbocycles. The number of hydrogen-bond donors (Lipinski definition) is 0. The summed E-state index contributed by atoms with van der Waals surface area (Å²) in [6.45, 7) is 4.43. The van der Waals surface area contributed by atoms with Crippen LogP contribution in [0.2, 0.25) is 11.5 Å². The minimum atomic E-state index is -0.679. The van der Waals surface area contributed by atoms with Crippen LogP contribution in [0.15, 0.2) is 10.5 Å². The molecular weight excluding hydrogens is 169 g/mol. The molecule has 0 rings (SSSR count). The van der Waals surface area contributed by atoms with Crippen LogP contribution in [0.5, 0.6) is 0 Å². The average molecular weight is 186 g/mol. The first kappa shape index (κ1) is 9.28. The van der Waals surface area contributed by atoms with Crippen LogP contribution in [-0.4, -0.2) is 14.3 Å². The van der Waals surface area contributed by atoms with Gasteiger partial charge in [0.1, 0.15) is 0 Å². The summed E-state index contributed by atoms with van der Waals surface area (Å²) in [6, 6.07) is 0. The van der Waals surface area contributed by atoms with E-state index in [0.29, 0.717) is 0 Å². The van der Waals surface area contributed by atoms with Crippen LogP contribution in [0.1, 0.15) is 26.7 Å². The van der Waals surface area contributed by atoms with Crippen molar-refractivity contribution in [3.05, 3.63) is 10.5 Å². The van der Waals surface area contributed by atoms with Crippen LogP contribution in [0.4, 0.5) is 0 Å². The molecule has 0 spiro atoms. The van der Waals surface area contributed by atoms with E-state index in [1.165, 1.54) is 12.8 Å². The van der Waals surface area contributed by atoms with Gasteiger partial charge in [-0.3, -0.25) is 0 Å². The molecule has 0 saturated heterocycles. The molecule has 0 fully saturated rings. The van der Waals surface area contributed by atoms with Gasteiger partial charge >= 0.3 is 63.0 Å². The summed E-state index contributed by atoms with van der Waals surface area (Å²) < 4.78 is 1.76. The first-order valence-corrected chi connectivity index (χ1v) is 8.92. The van der Waals surface area contributed by atoms with E-state index in [1.807, 2.05) is 0 Å². The maximum absolute atomic E-state index is 2.42. The second kappa shape index (κ2) is 5.10. The van der Waals surface area contributed by atoms with Gasteiger partial charge in [0, 0.05) is 0 Å². The SMILES string of the molecule is CC=[C](CCC)[Ge]([CH3])[CH3]. The van der Waals surface area contributed by atoms with Gasteiger partial charge in [0.25, 0.3) is 0 Å². The number of hydrogen-bond acceptors (Lipinski definition) is 0. The quantitative estimate of drug-likeness (QED) is 0.594. The first-order chi connectivity index (χ1) is 4.22. The van der Waals surface area contributed by atoms with Crippen molar-refractivity contribution in [2.75, 3.05) is 0 Å². The molecule has 0 aromatic rings. The van der Waals surface area contributed by atoms with Crippen molar-refractivity contribution in [2.45, 2.75) is 38.2 Å². The molecule has 1 radical (unpaired) electrons. The average Bonchev–Trinajstić information content (AvgIpc) is 1.82. The fraction of sp³-hybridized carbons (Fsp3) is 0.750. The Balaban J connectivity index is 3.70. The molecular formula is C8H17Ge. The normalized spacial score (nSPS) is 12.8. The fourth-order valence-corrected chi connectivity index (χ4v) is 3.74. The van der Waals surface area contributed by atoms with Crippen molar-refractivity contribution in [1.29, 1.82) is 0 Å². The Bertz CT molecular complexity index is 92.7. The van der Waals surface area contributed by atoms with E-state index < -0.39 is 14.3 Å². The predicted molar refractivity (Wildman–Crippen MR) is 46.1 cm³/mol. The van der Waals surface area contributed by atoms with Crippen molar-refractivity contribution < 1.29 is 0 Å². The van der Waals surface area contributed by atoms with Crippen molar-refractivity contribution in [3.8, 4) is 0 Å². The van der Waals surface area contributed by atoms with Crippen LogP contribution < -0.4 is 0 Å². The van der Waals surface area contributed by atoms with Crippen LogP contribution in [0.3, 0.4) is 0 Å². The molecule has 9 heavy (non-hydrogen) atoms. The Labute approximate surface area is 63.5 Å². The van der Waals surface area contributed by atoms with E-state index in [4.69, 9.17) is 0 Å². The molecule has 0 bridgehead atoms. The third-order valence-electron chi connectivity index (χ3n) is 1.51. The molecule has 0 aromatic carbocycles.